The van der Waals surface area contributed by atoms with E-state index < -0.39 is 0 Å². The Kier molecular flexibility index (Phi) is 4.63. The van der Waals surface area contributed by atoms with E-state index in [2.05, 4.69) is 5.32 Å². The molecule has 1 aliphatic heterocycles. The zero-order valence-corrected chi connectivity index (χ0v) is 11.0. The van der Waals surface area contributed by atoms with Crippen LogP contribution in [0.25, 0.3) is 0 Å². The Morgan fingerprint density at radius 3 is 2.95 bits per heavy atom. The van der Waals surface area contributed by atoms with Crippen LogP contribution in [0.4, 0.5) is 0 Å². The Bertz CT molecular complexity index is 447. The first-order chi connectivity index (χ1) is 9.26. The van der Waals surface area contributed by atoms with Crippen LogP contribution in [0.5, 0.6) is 11.5 Å². The van der Waals surface area contributed by atoms with Crippen LogP contribution >= 0.6 is 0 Å². The molecule has 0 saturated heterocycles. The Labute approximate surface area is 112 Å². The molecule has 0 fully saturated rings. The lowest BCUT2D eigenvalue weighted by atomic mass is 10.1. The van der Waals surface area contributed by atoms with E-state index in [4.69, 9.17) is 14.6 Å². The van der Waals surface area contributed by atoms with Gasteiger partial charge in [0, 0.05) is 12.6 Å². The molecule has 0 aliphatic carbocycles. The number of carbonyl (C=O) groups excluding carboxylic acids is 1. The molecule has 19 heavy (non-hydrogen) atoms. The molecule has 0 radical (unpaired) electrons. The minimum Gasteiger partial charge on any atom is -0.486 e. The second-order valence-electron chi connectivity index (χ2n) is 4.42. The van der Waals surface area contributed by atoms with Crippen LogP contribution in [0.1, 0.15) is 30.1 Å². The SMILES string of the molecule is CCC(CCO)NC(=O)c1cccc2c1OCCO2. The summed E-state index contributed by atoms with van der Waals surface area (Å²) in [6.07, 6.45) is 1.33. The first-order valence-electron chi connectivity index (χ1n) is 6.56. The van der Waals surface area contributed by atoms with Gasteiger partial charge < -0.3 is 19.9 Å². The zero-order chi connectivity index (χ0) is 13.7. The molecule has 0 aromatic heterocycles. The highest BCUT2D eigenvalue weighted by molar-refractivity contribution is 5.98. The van der Waals surface area contributed by atoms with Gasteiger partial charge in [-0.25, -0.2) is 0 Å². The fourth-order valence-electron chi connectivity index (χ4n) is 2.05. The fourth-order valence-corrected chi connectivity index (χ4v) is 2.05. The van der Waals surface area contributed by atoms with Crippen molar-refractivity contribution in [1.82, 2.24) is 5.32 Å². The Morgan fingerprint density at radius 1 is 1.42 bits per heavy atom. The second-order valence-corrected chi connectivity index (χ2v) is 4.42. The lowest BCUT2D eigenvalue weighted by Gasteiger charge is -2.22. The van der Waals surface area contributed by atoms with Gasteiger partial charge in [0.15, 0.2) is 11.5 Å². The summed E-state index contributed by atoms with van der Waals surface area (Å²) in [6, 6.07) is 5.25. The molecule has 1 aromatic carbocycles. The molecule has 5 nitrogen and oxygen atoms in total. The van der Waals surface area contributed by atoms with Crippen LogP contribution < -0.4 is 14.8 Å². The summed E-state index contributed by atoms with van der Waals surface area (Å²) in [7, 11) is 0. The molecule has 104 valence electrons. The van der Waals surface area contributed by atoms with E-state index in [1.165, 1.54) is 0 Å². The number of benzene rings is 1. The van der Waals surface area contributed by atoms with E-state index >= 15 is 0 Å². The van der Waals surface area contributed by atoms with E-state index in [1.807, 2.05) is 6.92 Å². The molecule has 1 aliphatic rings. The summed E-state index contributed by atoms with van der Waals surface area (Å²) in [5, 5.41) is 11.8. The molecule has 5 heteroatoms. The van der Waals surface area contributed by atoms with E-state index in [1.54, 1.807) is 18.2 Å². The summed E-state index contributed by atoms with van der Waals surface area (Å²) < 4.78 is 11.0. The number of hydrogen-bond donors (Lipinski definition) is 2. The van der Waals surface area contributed by atoms with E-state index in [0.29, 0.717) is 36.7 Å². The van der Waals surface area contributed by atoms with Crippen molar-refractivity contribution < 1.29 is 19.4 Å². The number of aliphatic hydroxyl groups is 1. The van der Waals surface area contributed by atoms with Gasteiger partial charge in [0.25, 0.3) is 5.91 Å². The van der Waals surface area contributed by atoms with Crippen molar-refractivity contribution in [2.24, 2.45) is 0 Å². The highest BCUT2D eigenvalue weighted by Crippen LogP contribution is 2.33. The van der Waals surface area contributed by atoms with Crippen LogP contribution in [0.15, 0.2) is 18.2 Å². The van der Waals surface area contributed by atoms with Gasteiger partial charge in [-0.1, -0.05) is 13.0 Å². The van der Waals surface area contributed by atoms with Crippen LogP contribution in [0, 0.1) is 0 Å². The number of ether oxygens (including phenoxy) is 2. The summed E-state index contributed by atoms with van der Waals surface area (Å²) in [6.45, 7) is 2.98. The normalized spacial score (nSPS) is 14.8. The lowest BCUT2D eigenvalue weighted by molar-refractivity contribution is 0.0918. The first-order valence-corrected chi connectivity index (χ1v) is 6.56. The number of rotatable bonds is 5. The minimum atomic E-state index is -0.192. The topological polar surface area (TPSA) is 67.8 Å². The van der Waals surface area contributed by atoms with Crippen LogP contribution in [-0.2, 0) is 0 Å². The molecule has 1 heterocycles. The number of aliphatic hydroxyl groups excluding tert-OH is 1. The van der Waals surface area contributed by atoms with Gasteiger partial charge in [0.1, 0.15) is 13.2 Å². The fraction of sp³-hybridized carbons (Fsp3) is 0.500. The first kappa shape index (κ1) is 13.7. The standard InChI is InChI=1S/C14H19NO4/c1-2-10(6-7-16)15-14(17)11-4-3-5-12-13(11)19-9-8-18-12/h3-5,10,16H,2,6-9H2,1H3,(H,15,17). The van der Waals surface area contributed by atoms with Gasteiger partial charge in [-0.05, 0) is 25.0 Å². The average Bonchev–Trinajstić information content (AvgIpc) is 2.46. The van der Waals surface area contributed by atoms with Crippen molar-refractivity contribution in [2.45, 2.75) is 25.8 Å². The van der Waals surface area contributed by atoms with Gasteiger partial charge in [-0.3, -0.25) is 4.79 Å². The Hall–Kier alpha value is -1.75. The van der Waals surface area contributed by atoms with Crippen molar-refractivity contribution in [3.05, 3.63) is 23.8 Å². The molecule has 1 amide bonds. The molecule has 2 N–H and O–H groups in total. The highest BCUT2D eigenvalue weighted by Gasteiger charge is 2.21. The smallest absolute Gasteiger partial charge is 0.255 e. The molecule has 2 rings (SSSR count). The number of hydrogen-bond acceptors (Lipinski definition) is 4. The van der Waals surface area contributed by atoms with Crippen LogP contribution in [-0.4, -0.2) is 36.9 Å². The number of carbonyl (C=O) groups is 1. The van der Waals surface area contributed by atoms with E-state index in [0.717, 1.165) is 6.42 Å². The summed E-state index contributed by atoms with van der Waals surface area (Å²) >= 11 is 0. The molecule has 0 spiro atoms. The molecular formula is C14H19NO4. The van der Waals surface area contributed by atoms with Crippen molar-refractivity contribution in [3.8, 4) is 11.5 Å². The third-order valence-corrected chi connectivity index (χ3v) is 3.12. The summed E-state index contributed by atoms with van der Waals surface area (Å²) in [4.78, 5) is 12.2. The third-order valence-electron chi connectivity index (χ3n) is 3.12. The van der Waals surface area contributed by atoms with Crippen molar-refractivity contribution >= 4 is 5.91 Å². The van der Waals surface area contributed by atoms with E-state index in [-0.39, 0.29) is 18.6 Å². The quantitative estimate of drug-likeness (QED) is 0.843. The summed E-state index contributed by atoms with van der Waals surface area (Å²) in [5.74, 6) is 0.918. The third kappa shape index (κ3) is 3.17. The predicted molar refractivity (Wildman–Crippen MR) is 70.7 cm³/mol. The van der Waals surface area contributed by atoms with Crippen molar-refractivity contribution in [1.29, 1.82) is 0 Å². The number of para-hydroxylation sites is 1. The molecule has 1 atom stereocenters. The monoisotopic (exact) mass is 265 g/mol. The molecule has 1 aromatic rings. The molecule has 0 saturated carbocycles. The maximum Gasteiger partial charge on any atom is 0.255 e. The number of amides is 1. The Morgan fingerprint density at radius 2 is 2.21 bits per heavy atom. The molecule has 1 unspecified atom stereocenters. The number of nitrogens with one attached hydrogen (secondary N) is 1. The van der Waals surface area contributed by atoms with Gasteiger partial charge in [-0.15, -0.1) is 0 Å². The highest BCUT2D eigenvalue weighted by atomic mass is 16.6. The van der Waals surface area contributed by atoms with Gasteiger partial charge >= 0.3 is 0 Å². The van der Waals surface area contributed by atoms with Gasteiger partial charge in [-0.2, -0.15) is 0 Å². The zero-order valence-electron chi connectivity index (χ0n) is 11.0. The van der Waals surface area contributed by atoms with Crippen molar-refractivity contribution in [3.63, 3.8) is 0 Å². The average molecular weight is 265 g/mol. The Balaban J connectivity index is 2.15. The van der Waals surface area contributed by atoms with Crippen LogP contribution in [0.3, 0.4) is 0 Å². The molecule has 0 bridgehead atoms. The summed E-state index contributed by atoms with van der Waals surface area (Å²) in [5.41, 5.74) is 0.480. The lowest BCUT2D eigenvalue weighted by Crippen LogP contribution is -2.35. The van der Waals surface area contributed by atoms with Crippen molar-refractivity contribution in [2.75, 3.05) is 19.8 Å². The maximum absolute atomic E-state index is 12.2. The van der Waals surface area contributed by atoms with Gasteiger partial charge in [0.2, 0.25) is 0 Å². The van der Waals surface area contributed by atoms with Gasteiger partial charge in [0.05, 0.1) is 5.56 Å². The largest absolute Gasteiger partial charge is 0.486 e. The van der Waals surface area contributed by atoms with E-state index in [9.17, 15) is 4.79 Å². The van der Waals surface area contributed by atoms with Crippen LogP contribution in [0.2, 0.25) is 0 Å². The maximum atomic E-state index is 12.2. The second kappa shape index (κ2) is 6.43. The predicted octanol–water partition coefficient (Wildman–Crippen LogP) is 1.35. The molecular weight excluding hydrogens is 246 g/mol. The minimum absolute atomic E-state index is 0.0298. The number of fused-ring (bicyclic) bond motifs is 1.